The Hall–Kier alpha value is -2.07. The quantitative estimate of drug-likeness (QED) is 0.852. The summed E-state index contributed by atoms with van der Waals surface area (Å²) in [5.74, 6) is 0.296. The topological polar surface area (TPSA) is 55.8 Å². The molecule has 2 aromatic carbocycles. The van der Waals surface area contributed by atoms with Gasteiger partial charge in [0.2, 0.25) is 0 Å². The summed E-state index contributed by atoms with van der Waals surface area (Å²) in [6.07, 6.45) is -0.295. The van der Waals surface area contributed by atoms with Gasteiger partial charge in [-0.3, -0.25) is 4.79 Å². The number of hydrogen-bond acceptors (Lipinski definition) is 4. The van der Waals surface area contributed by atoms with E-state index in [2.05, 4.69) is 4.74 Å². The van der Waals surface area contributed by atoms with E-state index in [1.807, 2.05) is 36.4 Å². The van der Waals surface area contributed by atoms with Crippen molar-refractivity contribution in [1.82, 2.24) is 0 Å². The molecule has 1 atom stereocenters. The predicted molar refractivity (Wildman–Crippen MR) is 76.7 cm³/mol. The number of esters is 1. The van der Waals surface area contributed by atoms with E-state index in [0.29, 0.717) is 12.2 Å². The zero-order valence-corrected chi connectivity index (χ0v) is 11.6. The summed E-state index contributed by atoms with van der Waals surface area (Å²) >= 11 is 0. The first-order valence-electron chi connectivity index (χ1n) is 6.48. The van der Waals surface area contributed by atoms with Gasteiger partial charge < -0.3 is 14.6 Å². The first-order valence-corrected chi connectivity index (χ1v) is 6.48. The first kappa shape index (κ1) is 14.3. The average Bonchev–Trinajstić information content (AvgIpc) is 2.50. The third-order valence-electron chi connectivity index (χ3n) is 3.33. The van der Waals surface area contributed by atoms with Crippen LogP contribution in [0, 0.1) is 0 Å². The van der Waals surface area contributed by atoms with Gasteiger partial charge in [0.05, 0.1) is 20.3 Å². The van der Waals surface area contributed by atoms with E-state index in [4.69, 9.17) is 4.74 Å². The van der Waals surface area contributed by atoms with E-state index in [-0.39, 0.29) is 12.4 Å². The van der Waals surface area contributed by atoms with Crippen LogP contribution in [0.4, 0.5) is 0 Å². The molecule has 2 rings (SSSR count). The Morgan fingerprint density at radius 1 is 1.20 bits per heavy atom. The van der Waals surface area contributed by atoms with E-state index < -0.39 is 6.10 Å². The zero-order valence-electron chi connectivity index (χ0n) is 11.6. The lowest BCUT2D eigenvalue weighted by Gasteiger charge is -2.17. The first-order chi connectivity index (χ1) is 9.67. The highest BCUT2D eigenvalue weighted by atomic mass is 16.5. The van der Waals surface area contributed by atoms with E-state index in [1.54, 1.807) is 7.11 Å². The van der Waals surface area contributed by atoms with Gasteiger partial charge in [-0.15, -0.1) is 0 Å². The summed E-state index contributed by atoms with van der Waals surface area (Å²) in [4.78, 5) is 11.2. The van der Waals surface area contributed by atoms with Crippen molar-refractivity contribution < 1.29 is 19.4 Å². The number of fused-ring (bicyclic) bond motifs is 1. The summed E-state index contributed by atoms with van der Waals surface area (Å²) in [5.41, 5.74) is 0.717. The van der Waals surface area contributed by atoms with Crippen LogP contribution in [-0.4, -0.2) is 25.3 Å². The van der Waals surface area contributed by atoms with Gasteiger partial charge in [0, 0.05) is 12.0 Å². The molecule has 0 amide bonds. The van der Waals surface area contributed by atoms with E-state index in [0.717, 1.165) is 16.3 Å². The highest BCUT2D eigenvalue weighted by Gasteiger charge is 2.18. The number of carbonyl (C=O) groups is 1. The Morgan fingerprint density at radius 3 is 2.65 bits per heavy atom. The number of benzene rings is 2. The highest BCUT2D eigenvalue weighted by molar-refractivity contribution is 5.88. The SMILES string of the molecule is COC(=O)CCC(O)c1c(OC)ccc2ccccc12. The van der Waals surface area contributed by atoms with Gasteiger partial charge in [-0.25, -0.2) is 0 Å². The third kappa shape index (κ3) is 2.91. The van der Waals surface area contributed by atoms with Gasteiger partial charge in [0.25, 0.3) is 0 Å². The third-order valence-corrected chi connectivity index (χ3v) is 3.33. The molecule has 4 nitrogen and oxygen atoms in total. The molecule has 2 aromatic rings. The summed E-state index contributed by atoms with van der Waals surface area (Å²) in [6.45, 7) is 0. The van der Waals surface area contributed by atoms with Gasteiger partial charge in [-0.05, 0) is 23.3 Å². The van der Waals surface area contributed by atoms with Crippen molar-refractivity contribution in [3.63, 3.8) is 0 Å². The minimum atomic E-state index is -0.768. The second kappa shape index (κ2) is 6.39. The maximum absolute atomic E-state index is 11.2. The summed E-state index contributed by atoms with van der Waals surface area (Å²) in [7, 11) is 2.91. The number of methoxy groups -OCH3 is 2. The average molecular weight is 274 g/mol. The Balaban J connectivity index is 2.37. The highest BCUT2D eigenvalue weighted by Crippen LogP contribution is 2.34. The van der Waals surface area contributed by atoms with Gasteiger partial charge >= 0.3 is 5.97 Å². The van der Waals surface area contributed by atoms with Crippen LogP contribution in [0.2, 0.25) is 0 Å². The molecule has 106 valence electrons. The molecule has 0 aliphatic rings. The van der Waals surface area contributed by atoms with Gasteiger partial charge in [0.15, 0.2) is 0 Å². The fourth-order valence-electron chi connectivity index (χ4n) is 2.30. The van der Waals surface area contributed by atoms with Crippen LogP contribution in [0.15, 0.2) is 36.4 Å². The van der Waals surface area contributed by atoms with Crippen LogP contribution in [-0.2, 0) is 9.53 Å². The predicted octanol–water partition coefficient (Wildman–Crippen LogP) is 2.84. The summed E-state index contributed by atoms with van der Waals surface area (Å²) in [5, 5.41) is 12.3. The molecule has 0 spiro atoms. The Bertz CT molecular complexity index is 606. The van der Waals surface area contributed by atoms with Crippen LogP contribution in [0.1, 0.15) is 24.5 Å². The molecule has 0 heterocycles. The maximum atomic E-state index is 11.2. The summed E-state index contributed by atoms with van der Waals surface area (Å²) < 4.78 is 9.93. The standard InChI is InChI=1S/C16H18O4/c1-19-14-9-7-11-5-3-4-6-12(11)16(14)13(17)8-10-15(18)20-2/h3-7,9,13,17H,8,10H2,1-2H3. The molecular weight excluding hydrogens is 256 g/mol. The van der Waals surface area contributed by atoms with Crippen LogP contribution >= 0.6 is 0 Å². The lowest BCUT2D eigenvalue weighted by atomic mass is 9.96. The van der Waals surface area contributed by atoms with Crippen molar-refractivity contribution in [2.75, 3.05) is 14.2 Å². The van der Waals surface area contributed by atoms with E-state index in [1.165, 1.54) is 7.11 Å². The zero-order chi connectivity index (χ0) is 14.5. The molecule has 4 heteroatoms. The minimum absolute atomic E-state index is 0.171. The minimum Gasteiger partial charge on any atom is -0.496 e. The molecule has 1 N–H and O–H groups in total. The normalized spacial score (nSPS) is 12.2. The number of carbonyl (C=O) groups excluding carboxylic acids is 1. The van der Waals surface area contributed by atoms with Gasteiger partial charge in [-0.1, -0.05) is 30.3 Å². The second-order valence-corrected chi connectivity index (χ2v) is 4.53. The molecule has 0 saturated heterocycles. The molecule has 0 aliphatic heterocycles. The molecule has 1 unspecified atom stereocenters. The molecular formula is C16H18O4. The van der Waals surface area contributed by atoms with Crippen LogP contribution in [0.25, 0.3) is 10.8 Å². The fourth-order valence-corrected chi connectivity index (χ4v) is 2.30. The number of rotatable bonds is 5. The van der Waals surface area contributed by atoms with Gasteiger partial charge in [0.1, 0.15) is 5.75 Å². The Kier molecular flexibility index (Phi) is 4.58. The number of aliphatic hydroxyl groups is 1. The molecule has 0 saturated carbocycles. The van der Waals surface area contributed by atoms with Crippen molar-refractivity contribution in [1.29, 1.82) is 0 Å². The smallest absolute Gasteiger partial charge is 0.305 e. The van der Waals surface area contributed by atoms with Crippen LogP contribution in [0.3, 0.4) is 0 Å². The molecule has 20 heavy (non-hydrogen) atoms. The van der Waals surface area contributed by atoms with Gasteiger partial charge in [-0.2, -0.15) is 0 Å². The Labute approximate surface area is 117 Å². The maximum Gasteiger partial charge on any atom is 0.305 e. The monoisotopic (exact) mass is 274 g/mol. The van der Waals surface area contributed by atoms with Crippen molar-refractivity contribution in [2.24, 2.45) is 0 Å². The largest absolute Gasteiger partial charge is 0.496 e. The Morgan fingerprint density at radius 2 is 1.95 bits per heavy atom. The summed E-state index contributed by atoms with van der Waals surface area (Å²) in [6, 6.07) is 11.6. The lowest BCUT2D eigenvalue weighted by Crippen LogP contribution is -2.06. The van der Waals surface area contributed by atoms with Crippen molar-refractivity contribution in [2.45, 2.75) is 18.9 Å². The molecule has 0 aliphatic carbocycles. The van der Waals surface area contributed by atoms with Crippen molar-refractivity contribution in [3.8, 4) is 5.75 Å². The molecule has 0 fully saturated rings. The van der Waals surface area contributed by atoms with Crippen LogP contribution < -0.4 is 4.74 Å². The van der Waals surface area contributed by atoms with Crippen molar-refractivity contribution >= 4 is 16.7 Å². The molecule has 0 aromatic heterocycles. The molecule has 0 bridgehead atoms. The lowest BCUT2D eigenvalue weighted by molar-refractivity contribution is -0.141. The van der Waals surface area contributed by atoms with Crippen molar-refractivity contribution in [3.05, 3.63) is 42.0 Å². The second-order valence-electron chi connectivity index (χ2n) is 4.53. The number of ether oxygens (including phenoxy) is 2. The van der Waals surface area contributed by atoms with E-state index in [9.17, 15) is 9.90 Å². The van der Waals surface area contributed by atoms with Crippen LogP contribution in [0.5, 0.6) is 5.75 Å². The fraction of sp³-hybridized carbons (Fsp3) is 0.312. The van der Waals surface area contributed by atoms with E-state index >= 15 is 0 Å². The number of aliphatic hydroxyl groups excluding tert-OH is 1. The molecule has 0 radical (unpaired) electrons. The number of hydrogen-bond donors (Lipinski definition) is 1.